The van der Waals surface area contributed by atoms with Gasteiger partial charge in [0.05, 0.1) is 11.1 Å². The van der Waals surface area contributed by atoms with Crippen LogP contribution in [-0.4, -0.2) is 65.5 Å². The summed E-state index contributed by atoms with van der Waals surface area (Å²) in [6.07, 6.45) is 0.321. The molecule has 0 saturated carbocycles. The van der Waals surface area contributed by atoms with Crippen LogP contribution >= 0.6 is 0 Å². The molecular formula is C17H19N3O4. The molecule has 0 bridgehead atoms. The topological polar surface area (TPSA) is 78.0 Å². The minimum absolute atomic E-state index is 0.144. The number of likely N-dealkylation sites (N-methyl/N-ethyl adjacent to an activating group) is 1. The highest BCUT2D eigenvalue weighted by Gasteiger charge is 2.46. The van der Waals surface area contributed by atoms with Gasteiger partial charge in [-0.3, -0.25) is 29.0 Å². The summed E-state index contributed by atoms with van der Waals surface area (Å²) in [5.41, 5.74) is 1.45. The highest BCUT2D eigenvalue weighted by molar-refractivity contribution is 6.24. The first-order valence-corrected chi connectivity index (χ1v) is 7.78. The first-order valence-electron chi connectivity index (χ1n) is 7.78. The van der Waals surface area contributed by atoms with Gasteiger partial charge in [-0.15, -0.1) is 0 Å². The SMILES string of the molecule is CN(C)Cc1cccc2c1C(=O)N(C1CCC(=O)N(C)C1=O)C2=O. The molecule has 3 rings (SSSR count). The summed E-state index contributed by atoms with van der Waals surface area (Å²) in [5, 5.41) is 0. The molecule has 2 heterocycles. The fourth-order valence-corrected chi connectivity index (χ4v) is 3.27. The molecule has 24 heavy (non-hydrogen) atoms. The van der Waals surface area contributed by atoms with Crippen LogP contribution in [0.5, 0.6) is 0 Å². The monoisotopic (exact) mass is 329 g/mol. The Bertz CT molecular complexity index is 756. The van der Waals surface area contributed by atoms with Crippen molar-refractivity contribution >= 4 is 23.6 Å². The van der Waals surface area contributed by atoms with Crippen LogP contribution in [0, 0.1) is 0 Å². The van der Waals surface area contributed by atoms with Gasteiger partial charge in [0.1, 0.15) is 6.04 Å². The minimum atomic E-state index is -0.910. The van der Waals surface area contributed by atoms with E-state index in [9.17, 15) is 19.2 Å². The van der Waals surface area contributed by atoms with Crippen LogP contribution in [0.4, 0.5) is 0 Å². The van der Waals surface area contributed by atoms with Crippen molar-refractivity contribution in [2.24, 2.45) is 0 Å². The molecule has 2 aliphatic rings. The molecule has 0 aromatic heterocycles. The Labute approximate surface area is 139 Å². The average Bonchev–Trinajstić information content (AvgIpc) is 2.78. The third-order valence-electron chi connectivity index (χ3n) is 4.45. The first-order chi connectivity index (χ1) is 11.3. The molecular weight excluding hydrogens is 310 g/mol. The van der Waals surface area contributed by atoms with Crippen LogP contribution in [0.1, 0.15) is 39.1 Å². The molecule has 0 N–H and O–H groups in total. The van der Waals surface area contributed by atoms with Crippen LogP contribution in [0.25, 0.3) is 0 Å². The number of amides is 4. The van der Waals surface area contributed by atoms with Crippen LogP contribution in [0.15, 0.2) is 18.2 Å². The summed E-state index contributed by atoms with van der Waals surface area (Å²) in [7, 11) is 5.14. The van der Waals surface area contributed by atoms with Crippen molar-refractivity contribution in [1.82, 2.24) is 14.7 Å². The molecule has 0 aliphatic carbocycles. The number of rotatable bonds is 3. The Morgan fingerprint density at radius 3 is 2.50 bits per heavy atom. The van der Waals surface area contributed by atoms with Gasteiger partial charge in [-0.1, -0.05) is 12.1 Å². The molecule has 7 heteroatoms. The van der Waals surface area contributed by atoms with Gasteiger partial charge in [-0.05, 0) is 32.1 Å². The van der Waals surface area contributed by atoms with E-state index in [4.69, 9.17) is 0 Å². The Balaban J connectivity index is 1.99. The number of carbonyl (C=O) groups is 4. The maximum absolute atomic E-state index is 12.9. The Hall–Kier alpha value is -2.54. The molecule has 7 nitrogen and oxygen atoms in total. The van der Waals surface area contributed by atoms with E-state index in [1.807, 2.05) is 25.1 Å². The number of nitrogens with zero attached hydrogens (tertiary/aromatic N) is 3. The highest BCUT2D eigenvalue weighted by Crippen LogP contribution is 2.31. The van der Waals surface area contributed by atoms with E-state index in [1.54, 1.807) is 12.1 Å². The summed E-state index contributed by atoms with van der Waals surface area (Å²) in [6.45, 7) is 0.521. The lowest BCUT2D eigenvalue weighted by Crippen LogP contribution is -2.54. The first kappa shape index (κ1) is 16.3. The Morgan fingerprint density at radius 1 is 1.12 bits per heavy atom. The summed E-state index contributed by atoms with van der Waals surface area (Å²) < 4.78 is 0. The molecule has 1 unspecified atom stereocenters. The number of fused-ring (bicyclic) bond motifs is 1. The van der Waals surface area contributed by atoms with E-state index >= 15 is 0 Å². The van der Waals surface area contributed by atoms with Crippen LogP contribution in [-0.2, 0) is 16.1 Å². The zero-order chi connectivity index (χ0) is 17.6. The average molecular weight is 329 g/mol. The molecule has 126 valence electrons. The second kappa shape index (κ2) is 5.83. The van der Waals surface area contributed by atoms with Gasteiger partial charge in [-0.25, -0.2) is 0 Å². The molecule has 0 radical (unpaired) electrons. The van der Waals surface area contributed by atoms with E-state index in [-0.39, 0.29) is 18.7 Å². The lowest BCUT2D eigenvalue weighted by atomic mass is 10.0. The summed E-state index contributed by atoms with van der Waals surface area (Å²) in [4.78, 5) is 53.5. The van der Waals surface area contributed by atoms with Crippen molar-refractivity contribution in [3.63, 3.8) is 0 Å². The van der Waals surface area contributed by atoms with Gasteiger partial charge >= 0.3 is 0 Å². The molecule has 1 atom stereocenters. The van der Waals surface area contributed by atoms with Crippen molar-refractivity contribution in [3.05, 3.63) is 34.9 Å². The van der Waals surface area contributed by atoms with Gasteiger partial charge in [0, 0.05) is 20.0 Å². The van der Waals surface area contributed by atoms with Gasteiger partial charge in [0.15, 0.2) is 0 Å². The molecule has 2 aliphatic heterocycles. The predicted octanol–water partition coefficient (Wildman–Crippen LogP) is 0.492. The van der Waals surface area contributed by atoms with E-state index < -0.39 is 23.8 Å². The van der Waals surface area contributed by atoms with E-state index in [0.29, 0.717) is 17.7 Å². The lowest BCUT2D eigenvalue weighted by molar-refractivity contribution is -0.149. The fraction of sp³-hybridized carbons (Fsp3) is 0.412. The predicted molar refractivity (Wildman–Crippen MR) is 85.1 cm³/mol. The molecule has 4 amide bonds. The van der Waals surface area contributed by atoms with Gasteiger partial charge in [0.25, 0.3) is 17.7 Å². The zero-order valence-electron chi connectivity index (χ0n) is 13.9. The summed E-state index contributed by atoms with van der Waals surface area (Å²) in [5.74, 6) is -1.71. The van der Waals surface area contributed by atoms with Gasteiger partial charge in [-0.2, -0.15) is 0 Å². The van der Waals surface area contributed by atoms with Crippen molar-refractivity contribution in [1.29, 1.82) is 0 Å². The van der Waals surface area contributed by atoms with Gasteiger partial charge in [0.2, 0.25) is 5.91 Å². The van der Waals surface area contributed by atoms with Crippen molar-refractivity contribution in [2.45, 2.75) is 25.4 Å². The van der Waals surface area contributed by atoms with E-state index in [1.165, 1.54) is 7.05 Å². The number of piperidine rings is 1. The van der Waals surface area contributed by atoms with E-state index in [0.717, 1.165) is 15.4 Å². The number of carbonyl (C=O) groups excluding carboxylic acids is 4. The molecule has 1 fully saturated rings. The summed E-state index contributed by atoms with van der Waals surface area (Å²) in [6, 6.07) is 4.25. The number of likely N-dealkylation sites (tertiary alicyclic amines) is 1. The smallest absolute Gasteiger partial charge is 0.262 e. The molecule has 0 spiro atoms. The normalized spacial score (nSPS) is 21.1. The standard InChI is InChI=1S/C17H19N3O4/c1-18(2)9-10-5-4-6-11-14(10)17(24)20(15(11)22)12-7-8-13(21)19(3)16(12)23/h4-6,12H,7-9H2,1-3H3. The minimum Gasteiger partial charge on any atom is -0.305 e. The third kappa shape index (κ3) is 2.41. The van der Waals surface area contributed by atoms with E-state index in [2.05, 4.69) is 0 Å². The number of hydrogen-bond donors (Lipinski definition) is 0. The van der Waals surface area contributed by atoms with Crippen LogP contribution < -0.4 is 0 Å². The van der Waals surface area contributed by atoms with Crippen LogP contribution in [0.3, 0.4) is 0 Å². The number of hydrogen-bond acceptors (Lipinski definition) is 5. The lowest BCUT2D eigenvalue weighted by Gasteiger charge is -2.32. The van der Waals surface area contributed by atoms with Gasteiger partial charge < -0.3 is 4.90 Å². The maximum Gasteiger partial charge on any atom is 0.262 e. The zero-order valence-corrected chi connectivity index (χ0v) is 13.9. The van der Waals surface area contributed by atoms with Crippen LogP contribution in [0.2, 0.25) is 0 Å². The molecule has 1 aromatic rings. The largest absolute Gasteiger partial charge is 0.305 e. The molecule has 1 saturated heterocycles. The summed E-state index contributed by atoms with van der Waals surface area (Å²) >= 11 is 0. The quantitative estimate of drug-likeness (QED) is 0.754. The maximum atomic E-state index is 12.9. The van der Waals surface area contributed by atoms with Crippen molar-refractivity contribution in [2.75, 3.05) is 21.1 Å². The Kier molecular flexibility index (Phi) is 3.96. The second-order valence-corrected chi connectivity index (χ2v) is 6.40. The Morgan fingerprint density at radius 2 is 1.83 bits per heavy atom. The number of imide groups is 2. The number of benzene rings is 1. The van der Waals surface area contributed by atoms with Crippen molar-refractivity contribution in [3.8, 4) is 0 Å². The molecule has 1 aromatic carbocycles. The second-order valence-electron chi connectivity index (χ2n) is 6.40. The fourth-order valence-electron chi connectivity index (χ4n) is 3.27. The van der Waals surface area contributed by atoms with Crippen molar-refractivity contribution < 1.29 is 19.2 Å². The highest BCUT2D eigenvalue weighted by atomic mass is 16.2. The third-order valence-corrected chi connectivity index (χ3v) is 4.45.